The number of benzene rings is 1. The van der Waals surface area contributed by atoms with Gasteiger partial charge in [-0.25, -0.2) is 0 Å². The third-order valence-electron chi connectivity index (χ3n) is 3.43. The number of hydrogen-bond acceptors (Lipinski definition) is 4. The number of ether oxygens (including phenoxy) is 2. The second-order valence-electron chi connectivity index (χ2n) is 5.13. The molecule has 0 aliphatic carbocycles. The highest BCUT2D eigenvalue weighted by Crippen LogP contribution is 2.28. The standard InChI is InChI=1S/C17H22N2O2/c1-12-7-8-18-11-15(12)19-13(2)9-14-5-6-16(20-3)17(10-14)21-4/h5-8,10-11,13,19H,9H2,1-4H3. The van der Waals surface area contributed by atoms with Crippen LogP contribution in [0, 0.1) is 6.92 Å². The summed E-state index contributed by atoms with van der Waals surface area (Å²) in [6.07, 6.45) is 4.56. The maximum atomic E-state index is 5.34. The molecule has 0 aliphatic rings. The average Bonchev–Trinajstić information content (AvgIpc) is 2.49. The number of anilines is 1. The van der Waals surface area contributed by atoms with Gasteiger partial charge in [-0.3, -0.25) is 4.98 Å². The first-order chi connectivity index (χ1) is 10.1. The Morgan fingerprint density at radius 3 is 2.57 bits per heavy atom. The molecule has 1 unspecified atom stereocenters. The number of aromatic nitrogens is 1. The zero-order valence-electron chi connectivity index (χ0n) is 13.0. The molecule has 1 atom stereocenters. The van der Waals surface area contributed by atoms with E-state index >= 15 is 0 Å². The Hall–Kier alpha value is -2.23. The van der Waals surface area contributed by atoms with E-state index in [9.17, 15) is 0 Å². The van der Waals surface area contributed by atoms with Gasteiger partial charge in [0, 0.05) is 12.2 Å². The number of rotatable bonds is 6. The third kappa shape index (κ3) is 3.88. The van der Waals surface area contributed by atoms with Gasteiger partial charge in [-0.15, -0.1) is 0 Å². The van der Waals surface area contributed by atoms with Crippen LogP contribution >= 0.6 is 0 Å². The lowest BCUT2D eigenvalue weighted by Crippen LogP contribution is -2.18. The van der Waals surface area contributed by atoms with E-state index in [1.807, 2.05) is 24.4 Å². The van der Waals surface area contributed by atoms with Crippen molar-refractivity contribution in [2.75, 3.05) is 19.5 Å². The molecular formula is C17H22N2O2. The Morgan fingerprint density at radius 1 is 1.14 bits per heavy atom. The summed E-state index contributed by atoms with van der Waals surface area (Å²) >= 11 is 0. The van der Waals surface area contributed by atoms with Crippen LogP contribution in [0.4, 0.5) is 5.69 Å². The van der Waals surface area contributed by atoms with Crippen molar-refractivity contribution >= 4 is 5.69 Å². The van der Waals surface area contributed by atoms with Crippen molar-refractivity contribution in [1.82, 2.24) is 4.98 Å². The molecule has 1 N–H and O–H groups in total. The molecule has 1 aromatic carbocycles. The highest BCUT2D eigenvalue weighted by Gasteiger charge is 2.09. The second kappa shape index (κ2) is 6.97. The summed E-state index contributed by atoms with van der Waals surface area (Å²) in [5, 5.41) is 3.49. The maximum Gasteiger partial charge on any atom is 0.160 e. The van der Waals surface area contributed by atoms with Crippen LogP contribution in [0.15, 0.2) is 36.7 Å². The van der Waals surface area contributed by atoms with Crippen molar-refractivity contribution in [3.8, 4) is 11.5 Å². The normalized spacial score (nSPS) is 11.8. The van der Waals surface area contributed by atoms with Crippen molar-refractivity contribution in [3.63, 3.8) is 0 Å². The van der Waals surface area contributed by atoms with E-state index in [-0.39, 0.29) is 0 Å². The first-order valence-electron chi connectivity index (χ1n) is 7.02. The van der Waals surface area contributed by atoms with Crippen LogP contribution in [0.5, 0.6) is 11.5 Å². The summed E-state index contributed by atoms with van der Waals surface area (Å²) in [4.78, 5) is 4.16. The molecule has 112 valence electrons. The molecule has 0 bridgehead atoms. The number of nitrogens with zero attached hydrogens (tertiary/aromatic N) is 1. The number of pyridine rings is 1. The van der Waals surface area contributed by atoms with Crippen LogP contribution in [-0.4, -0.2) is 25.2 Å². The predicted molar refractivity (Wildman–Crippen MR) is 85.3 cm³/mol. The lowest BCUT2D eigenvalue weighted by Gasteiger charge is -2.17. The van der Waals surface area contributed by atoms with Gasteiger partial charge in [0.1, 0.15) is 0 Å². The van der Waals surface area contributed by atoms with E-state index in [0.29, 0.717) is 6.04 Å². The molecule has 0 amide bonds. The minimum atomic E-state index is 0.297. The van der Waals surface area contributed by atoms with Crippen LogP contribution in [-0.2, 0) is 6.42 Å². The van der Waals surface area contributed by atoms with Gasteiger partial charge in [0.15, 0.2) is 11.5 Å². The highest BCUT2D eigenvalue weighted by molar-refractivity contribution is 5.49. The van der Waals surface area contributed by atoms with Crippen molar-refractivity contribution in [2.24, 2.45) is 0 Å². The van der Waals surface area contributed by atoms with Crippen LogP contribution in [0.2, 0.25) is 0 Å². The molecular weight excluding hydrogens is 264 g/mol. The van der Waals surface area contributed by atoms with Gasteiger partial charge in [-0.1, -0.05) is 6.07 Å². The quantitative estimate of drug-likeness (QED) is 0.883. The number of nitrogens with one attached hydrogen (secondary N) is 1. The summed E-state index contributed by atoms with van der Waals surface area (Å²) in [5.74, 6) is 1.52. The zero-order chi connectivity index (χ0) is 15.2. The second-order valence-corrected chi connectivity index (χ2v) is 5.13. The van der Waals surface area contributed by atoms with E-state index in [1.54, 1.807) is 20.4 Å². The lowest BCUT2D eigenvalue weighted by atomic mass is 10.1. The largest absolute Gasteiger partial charge is 0.493 e. The molecule has 4 nitrogen and oxygen atoms in total. The maximum absolute atomic E-state index is 5.34. The minimum Gasteiger partial charge on any atom is -0.493 e. The van der Waals surface area contributed by atoms with Crippen molar-refractivity contribution in [1.29, 1.82) is 0 Å². The summed E-state index contributed by atoms with van der Waals surface area (Å²) in [5.41, 5.74) is 3.48. The van der Waals surface area contributed by atoms with Gasteiger partial charge in [-0.05, 0) is 49.6 Å². The van der Waals surface area contributed by atoms with Crippen molar-refractivity contribution in [2.45, 2.75) is 26.3 Å². The highest BCUT2D eigenvalue weighted by atomic mass is 16.5. The monoisotopic (exact) mass is 286 g/mol. The topological polar surface area (TPSA) is 43.4 Å². The zero-order valence-corrected chi connectivity index (χ0v) is 13.0. The molecule has 0 aliphatic heterocycles. The van der Waals surface area contributed by atoms with Crippen LogP contribution in [0.1, 0.15) is 18.1 Å². The van der Waals surface area contributed by atoms with Gasteiger partial charge in [0.2, 0.25) is 0 Å². The van der Waals surface area contributed by atoms with Crippen LogP contribution < -0.4 is 14.8 Å². The van der Waals surface area contributed by atoms with E-state index < -0.39 is 0 Å². The first kappa shape index (κ1) is 15.2. The van der Waals surface area contributed by atoms with E-state index in [2.05, 4.69) is 30.2 Å². The molecule has 0 spiro atoms. The summed E-state index contributed by atoms with van der Waals surface area (Å²) in [7, 11) is 3.30. The third-order valence-corrected chi connectivity index (χ3v) is 3.43. The molecule has 2 rings (SSSR count). The van der Waals surface area contributed by atoms with Gasteiger partial charge < -0.3 is 14.8 Å². The van der Waals surface area contributed by atoms with Gasteiger partial charge in [-0.2, -0.15) is 0 Å². The molecule has 0 saturated heterocycles. The Morgan fingerprint density at radius 2 is 1.90 bits per heavy atom. The summed E-state index contributed by atoms with van der Waals surface area (Å²) in [6, 6.07) is 8.33. The average molecular weight is 286 g/mol. The number of hydrogen-bond donors (Lipinski definition) is 1. The Bertz CT molecular complexity index is 599. The molecule has 1 heterocycles. The minimum absolute atomic E-state index is 0.297. The molecule has 2 aromatic rings. The number of aryl methyl sites for hydroxylation is 1. The Balaban J connectivity index is 2.06. The molecule has 1 aromatic heterocycles. The first-order valence-corrected chi connectivity index (χ1v) is 7.02. The molecule has 0 saturated carbocycles. The van der Waals surface area contributed by atoms with Crippen LogP contribution in [0.25, 0.3) is 0 Å². The smallest absolute Gasteiger partial charge is 0.160 e. The Labute approximate surface area is 126 Å². The summed E-state index contributed by atoms with van der Waals surface area (Å²) < 4.78 is 10.6. The fraction of sp³-hybridized carbons (Fsp3) is 0.353. The Kier molecular flexibility index (Phi) is 5.04. The van der Waals surface area contributed by atoms with E-state index in [4.69, 9.17) is 9.47 Å². The van der Waals surface area contributed by atoms with Crippen molar-refractivity contribution in [3.05, 3.63) is 47.8 Å². The fourth-order valence-electron chi connectivity index (χ4n) is 2.29. The van der Waals surface area contributed by atoms with Gasteiger partial charge in [0.25, 0.3) is 0 Å². The van der Waals surface area contributed by atoms with Gasteiger partial charge in [0.05, 0.1) is 26.1 Å². The van der Waals surface area contributed by atoms with E-state index in [0.717, 1.165) is 23.6 Å². The molecule has 4 heteroatoms. The molecule has 21 heavy (non-hydrogen) atoms. The van der Waals surface area contributed by atoms with Crippen LogP contribution in [0.3, 0.4) is 0 Å². The summed E-state index contributed by atoms with van der Waals surface area (Å²) in [6.45, 7) is 4.23. The predicted octanol–water partition coefficient (Wildman–Crippen LogP) is 3.45. The van der Waals surface area contributed by atoms with Crippen molar-refractivity contribution < 1.29 is 9.47 Å². The molecule has 0 radical (unpaired) electrons. The SMILES string of the molecule is COc1ccc(CC(C)Nc2cnccc2C)cc1OC. The van der Waals surface area contributed by atoms with Gasteiger partial charge >= 0.3 is 0 Å². The van der Waals surface area contributed by atoms with E-state index in [1.165, 1.54) is 11.1 Å². The number of methoxy groups -OCH3 is 2. The lowest BCUT2D eigenvalue weighted by molar-refractivity contribution is 0.354. The fourth-order valence-corrected chi connectivity index (χ4v) is 2.29. The molecule has 0 fully saturated rings.